The second-order valence-corrected chi connectivity index (χ2v) is 10.5. The third kappa shape index (κ3) is 33.3. The number of rotatable bonds is 30. The molecule has 0 aliphatic carbocycles. The van der Waals surface area contributed by atoms with Crippen molar-refractivity contribution in [3.8, 4) is 0 Å². The topological polar surface area (TPSA) is 81.7 Å². The molecule has 0 atom stereocenters. The molecule has 0 rings (SSSR count). The highest BCUT2D eigenvalue weighted by atomic mass is 16.6. The lowest BCUT2D eigenvalue weighted by molar-refractivity contribution is -0.156. The van der Waals surface area contributed by atoms with Crippen LogP contribution in [0, 0.1) is 0 Å². The number of unbranched alkanes of at least 4 members (excludes halogenated alkanes) is 10. The molecule has 0 unspecified atom stereocenters. The molecule has 38 heavy (non-hydrogen) atoms. The summed E-state index contributed by atoms with van der Waals surface area (Å²) in [5.41, 5.74) is -0.459. The maximum atomic E-state index is 11.5. The zero-order valence-electron chi connectivity index (χ0n) is 25.2. The number of carbonyl (C=O) groups is 1. The van der Waals surface area contributed by atoms with Crippen molar-refractivity contribution in [2.75, 3.05) is 79.3 Å². The lowest BCUT2D eigenvalue weighted by atomic mass is 10.1. The lowest BCUT2D eigenvalue weighted by Crippen LogP contribution is -2.24. The van der Waals surface area contributed by atoms with Crippen LogP contribution in [0.4, 0.5) is 0 Å². The maximum absolute atomic E-state index is 11.5. The van der Waals surface area contributed by atoms with Crippen LogP contribution in [0.2, 0.25) is 0 Å². The minimum Gasteiger partial charge on any atom is -0.460 e. The molecule has 0 aliphatic rings. The Morgan fingerprint density at radius 1 is 0.447 bits per heavy atom. The summed E-state index contributed by atoms with van der Waals surface area (Å²) in [5.74, 6) is -0.250. The summed E-state index contributed by atoms with van der Waals surface area (Å²) >= 11 is 0. The maximum Gasteiger partial charge on any atom is 0.308 e. The Morgan fingerprint density at radius 2 is 0.763 bits per heavy atom. The first-order chi connectivity index (χ1) is 18.5. The van der Waals surface area contributed by atoms with Crippen LogP contribution in [0.3, 0.4) is 0 Å². The van der Waals surface area contributed by atoms with Gasteiger partial charge in [0.05, 0.1) is 79.1 Å². The van der Waals surface area contributed by atoms with Crippen LogP contribution in [0.1, 0.15) is 105 Å². The van der Waals surface area contributed by atoms with Gasteiger partial charge < -0.3 is 33.2 Å². The second-order valence-electron chi connectivity index (χ2n) is 10.5. The average molecular weight is 549 g/mol. The van der Waals surface area contributed by atoms with E-state index >= 15 is 0 Å². The Kier molecular flexibility index (Phi) is 28.6. The van der Waals surface area contributed by atoms with E-state index < -0.39 is 5.60 Å². The van der Waals surface area contributed by atoms with Crippen molar-refractivity contribution in [3.05, 3.63) is 0 Å². The Balaban J connectivity index is 3.09. The minimum atomic E-state index is -0.459. The molecule has 0 aromatic carbocycles. The molecule has 0 aromatic rings. The number of hydrogen-bond donors (Lipinski definition) is 0. The molecule has 0 bridgehead atoms. The number of carbonyl (C=O) groups excluding carboxylic acids is 1. The molecule has 0 aliphatic heterocycles. The van der Waals surface area contributed by atoms with E-state index in [0.717, 1.165) is 13.0 Å². The predicted molar refractivity (Wildman–Crippen MR) is 152 cm³/mol. The third-order valence-electron chi connectivity index (χ3n) is 5.62. The second kappa shape index (κ2) is 29.2. The Morgan fingerprint density at radius 3 is 1.13 bits per heavy atom. The largest absolute Gasteiger partial charge is 0.460 e. The zero-order valence-corrected chi connectivity index (χ0v) is 25.2. The van der Waals surface area contributed by atoms with Gasteiger partial charge in [-0.2, -0.15) is 0 Å². The van der Waals surface area contributed by atoms with Gasteiger partial charge in [-0.3, -0.25) is 4.79 Å². The van der Waals surface area contributed by atoms with Gasteiger partial charge in [0, 0.05) is 6.61 Å². The Bertz CT molecular complexity index is 481. The van der Waals surface area contributed by atoms with Gasteiger partial charge in [-0.15, -0.1) is 0 Å². The van der Waals surface area contributed by atoms with Crippen molar-refractivity contribution < 1.29 is 38.0 Å². The first-order valence-electron chi connectivity index (χ1n) is 15.1. The summed E-state index contributed by atoms with van der Waals surface area (Å²) in [6, 6.07) is 0. The van der Waals surface area contributed by atoms with E-state index in [1.165, 1.54) is 64.2 Å². The summed E-state index contributed by atoms with van der Waals surface area (Å²) in [4.78, 5) is 11.5. The van der Waals surface area contributed by atoms with Gasteiger partial charge >= 0.3 is 5.97 Å². The smallest absolute Gasteiger partial charge is 0.308 e. The molecule has 0 heterocycles. The Labute approximate surface area is 233 Å². The van der Waals surface area contributed by atoms with Crippen LogP contribution in [-0.4, -0.2) is 90.9 Å². The molecular weight excluding hydrogens is 488 g/mol. The average Bonchev–Trinajstić information content (AvgIpc) is 2.86. The van der Waals surface area contributed by atoms with E-state index in [1.807, 2.05) is 20.8 Å². The van der Waals surface area contributed by atoms with Crippen molar-refractivity contribution in [1.29, 1.82) is 0 Å². The molecule has 0 saturated heterocycles. The Hall–Kier alpha value is -0.770. The number of esters is 1. The van der Waals surface area contributed by atoms with E-state index in [0.29, 0.717) is 72.7 Å². The van der Waals surface area contributed by atoms with Gasteiger partial charge in [-0.1, -0.05) is 71.1 Å². The predicted octanol–water partition coefficient (Wildman–Crippen LogP) is 6.13. The van der Waals surface area contributed by atoms with Crippen LogP contribution in [0.5, 0.6) is 0 Å². The highest BCUT2D eigenvalue weighted by Gasteiger charge is 2.15. The summed E-state index contributed by atoms with van der Waals surface area (Å²) in [6.07, 6.45) is 15.1. The fraction of sp³-hybridized carbons (Fsp3) is 0.967. The summed E-state index contributed by atoms with van der Waals surface area (Å²) in [7, 11) is 0. The fourth-order valence-corrected chi connectivity index (χ4v) is 3.62. The molecule has 0 N–H and O–H groups in total. The molecule has 0 amide bonds. The molecular formula is C30H60O8. The monoisotopic (exact) mass is 548 g/mol. The summed E-state index contributed by atoms with van der Waals surface area (Å²) in [6.45, 7) is 14.3. The molecule has 8 nitrogen and oxygen atoms in total. The normalized spacial score (nSPS) is 11.8. The summed E-state index contributed by atoms with van der Waals surface area (Å²) in [5, 5.41) is 0. The van der Waals surface area contributed by atoms with Crippen LogP contribution in [0.25, 0.3) is 0 Å². The van der Waals surface area contributed by atoms with Crippen LogP contribution < -0.4 is 0 Å². The van der Waals surface area contributed by atoms with Gasteiger partial charge in [0.15, 0.2) is 0 Å². The molecule has 0 aromatic heterocycles. The van der Waals surface area contributed by atoms with Crippen molar-refractivity contribution in [2.45, 2.75) is 110 Å². The molecule has 0 saturated carbocycles. The van der Waals surface area contributed by atoms with E-state index in [9.17, 15) is 4.79 Å². The number of hydrogen-bond acceptors (Lipinski definition) is 8. The van der Waals surface area contributed by atoms with E-state index in [2.05, 4.69) is 6.92 Å². The highest BCUT2D eigenvalue weighted by molar-refractivity contribution is 5.69. The third-order valence-corrected chi connectivity index (χ3v) is 5.62. The first kappa shape index (κ1) is 37.2. The van der Waals surface area contributed by atoms with Gasteiger partial charge in [0.2, 0.25) is 0 Å². The van der Waals surface area contributed by atoms with Gasteiger partial charge in [0.1, 0.15) is 5.60 Å². The molecule has 0 radical (unpaired) electrons. The van der Waals surface area contributed by atoms with Crippen LogP contribution in [0.15, 0.2) is 0 Å². The van der Waals surface area contributed by atoms with Crippen molar-refractivity contribution >= 4 is 5.97 Å². The van der Waals surface area contributed by atoms with Crippen molar-refractivity contribution in [2.24, 2.45) is 0 Å². The van der Waals surface area contributed by atoms with Gasteiger partial charge in [-0.25, -0.2) is 0 Å². The van der Waals surface area contributed by atoms with Gasteiger partial charge in [0.25, 0.3) is 0 Å². The van der Waals surface area contributed by atoms with Crippen LogP contribution in [-0.2, 0) is 38.0 Å². The van der Waals surface area contributed by atoms with Crippen LogP contribution >= 0.6 is 0 Å². The SMILES string of the molecule is CCCCCCCCCCCCCOCCOCCOCCOCCOCCOCCC(=O)OC(C)(C)C. The van der Waals surface area contributed by atoms with Crippen molar-refractivity contribution in [3.63, 3.8) is 0 Å². The van der Waals surface area contributed by atoms with E-state index in [1.54, 1.807) is 0 Å². The molecule has 228 valence electrons. The minimum absolute atomic E-state index is 0.249. The highest BCUT2D eigenvalue weighted by Crippen LogP contribution is 2.11. The van der Waals surface area contributed by atoms with E-state index in [-0.39, 0.29) is 12.4 Å². The summed E-state index contributed by atoms with van der Waals surface area (Å²) < 4.78 is 38.1. The molecule has 0 fully saturated rings. The quantitative estimate of drug-likeness (QED) is 0.0783. The standard InChI is InChI=1S/C30H60O8/c1-5-6-7-8-9-10-11-12-13-14-15-17-32-19-21-34-23-25-36-27-28-37-26-24-35-22-20-33-18-16-29(31)38-30(2,3)4/h5-28H2,1-4H3. The van der Waals surface area contributed by atoms with E-state index in [4.69, 9.17) is 33.2 Å². The van der Waals surface area contributed by atoms with Gasteiger partial charge in [-0.05, 0) is 27.2 Å². The lowest BCUT2D eigenvalue weighted by Gasteiger charge is -2.19. The van der Waals surface area contributed by atoms with Crippen molar-refractivity contribution in [1.82, 2.24) is 0 Å². The fourth-order valence-electron chi connectivity index (χ4n) is 3.62. The zero-order chi connectivity index (χ0) is 28.0. The number of ether oxygens (including phenoxy) is 7. The first-order valence-corrected chi connectivity index (χ1v) is 15.1. The molecule has 8 heteroatoms. The molecule has 0 spiro atoms.